The van der Waals surface area contributed by atoms with Crippen LogP contribution in [0.1, 0.15) is 53.9 Å². The number of nitrogens with one attached hydrogen (secondary N) is 1. The molecule has 1 aliphatic carbocycles. The molecule has 0 bridgehead atoms. The average Bonchev–Trinajstić information content (AvgIpc) is 3.29. The minimum atomic E-state index is -0.460. The predicted molar refractivity (Wildman–Crippen MR) is 105 cm³/mol. The molecule has 1 fully saturated rings. The highest BCUT2D eigenvalue weighted by Gasteiger charge is 2.41. The van der Waals surface area contributed by atoms with Gasteiger partial charge in [-0.15, -0.1) is 0 Å². The zero-order chi connectivity index (χ0) is 19.5. The molecule has 0 saturated carbocycles. The molecule has 1 saturated heterocycles. The number of carbonyl (C=O) groups excluding carboxylic acids is 2. The van der Waals surface area contributed by atoms with Crippen LogP contribution in [0.25, 0.3) is 11.0 Å². The molecule has 0 radical (unpaired) electrons. The summed E-state index contributed by atoms with van der Waals surface area (Å²) < 4.78 is 12.0. The third-order valence-electron chi connectivity index (χ3n) is 5.84. The number of fused-ring (bicyclic) bond motifs is 4. The van der Waals surface area contributed by atoms with Crippen LogP contribution in [0.2, 0.25) is 0 Å². The predicted octanol–water partition coefficient (Wildman–Crippen LogP) is 3.96. The summed E-state index contributed by atoms with van der Waals surface area (Å²) in [6.07, 6.45) is 1.34. The second-order valence-corrected chi connectivity index (χ2v) is 8.08. The standard InChI is InChI=1S/C23H21NO4/c1-23(2)17-11-14(27-12-13-7-10-19(25)24-13)8-9-15(17)21(26)20-16-5-3-4-6-18(16)28-22(20)23/h3-6,8-9,11,13H,7,10,12H2,1-2H3,(H,24,25). The van der Waals surface area contributed by atoms with E-state index in [4.69, 9.17) is 9.15 Å². The fraction of sp³-hybridized carbons (Fsp3) is 0.304. The highest BCUT2D eigenvalue weighted by molar-refractivity contribution is 6.19. The lowest BCUT2D eigenvalue weighted by atomic mass is 9.72. The Labute approximate surface area is 162 Å². The van der Waals surface area contributed by atoms with Gasteiger partial charge in [-0.3, -0.25) is 9.59 Å². The van der Waals surface area contributed by atoms with Crippen molar-refractivity contribution in [3.05, 3.63) is 64.9 Å². The van der Waals surface area contributed by atoms with Gasteiger partial charge in [-0.1, -0.05) is 18.2 Å². The third kappa shape index (κ3) is 2.46. The fourth-order valence-corrected chi connectivity index (χ4v) is 4.30. The van der Waals surface area contributed by atoms with E-state index in [0.29, 0.717) is 35.7 Å². The van der Waals surface area contributed by atoms with Crippen LogP contribution >= 0.6 is 0 Å². The number of rotatable bonds is 3. The summed E-state index contributed by atoms with van der Waals surface area (Å²) in [4.78, 5) is 24.6. The van der Waals surface area contributed by atoms with E-state index < -0.39 is 5.41 Å². The van der Waals surface area contributed by atoms with Gasteiger partial charge in [0.15, 0.2) is 5.78 Å². The number of hydrogen-bond acceptors (Lipinski definition) is 4. The summed E-state index contributed by atoms with van der Waals surface area (Å²) in [6.45, 7) is 4.57. The van der Waals surface area contributed by atoms with Crippen LogP contribution in [0.4, 0.5) is 0 Å². The van der Waals surface area contributed by atoms with Crippen molar-refractivity contribution in [3.63, 3.8) is 0 Å². The molecule has 142 valence electrons. The van der Waals surface area contributed by atoms with Crippen molar-refractivity contribution in [2.45, 2.75) is 38.1 Å². The maximum Gasteiger partial charge on any atom is 0.220 e. The summed E-state index contributed by atoms with van der Waals surface area (Å²) in [5.74, 6) is 1.46. The summed E-state index contributed by atoms with van der Waals surface area (Å²) in [5.41, 5.74) is 2.52. The Morgan fingerprint density at radius 3 is 2.79 bits per heavy atom. The molecular formula is C23H21NO4. The Morgan fingerprint density at radius 1 is 1.18 bits per heavy atom. The molecule has 1 N–H and O–H groups in total. The van der Waals surface area contributed by atoms with Crippen molar-refractivity contribution < 1.29 is 18.7 Å². The Balaban J connectivity index is 1.52. The van der Waals surface area contributed by atoms with Crippen molar-refractivity contribution in [3.8, 4) is 5.75 Å². The number of para-hydroxylation sites is 1. The average molecular weight is 375 g/mol. The lowest BCUT2D eigenvalue weighted by molar-refractivity contribution is -0.119. The minimum Gasteiger partial charge on any atom is -0.491 e. The molecule has 2 aromatic carbocycles. The van der Waals surface area contributed by atoms with E-state index in [1.54, 1.807) is 0 Å². The number of benzene rings is 2. The molecular weight excluding hydrogens is 354 g/mol. The highest BCUT2D eigenvalue weighted by Crippen LogP contribution is 2.46. The van der Waals surface area contributed by atoms with Crippen molar-refractivity contribution in [1.82, 2.24) is 5.32 Å². The quantitative estimate of drug-likeness (QED) is 0.752. The zero-order valence-electron chi connectivity index (χ0n) is 15.9. The lowest BCUT2D eigenvalue weighted by Gasteiger charge is -2.31. The Bertz CT molecular complexity index is 1120. The van der Waals surface area contributed by atoms with Crippen molar-refractivity contribution in [1.29, 1.82) is 0 Å². The van der Waals surface area contributed by atoms with E-state index in [1.165, 1.54) is 0 Å². The molecule has 1 atom stereocenters. The zero-order valence-corrected chi connectivity index (χ0v) is 15.9. The number of hydrogen-bond donors (Lipinski definition) is 1. The molecule has 1 amide bonds. The van der Waals surface area contributed by atoms with Gasteiger partial charge in [-0.2, -0.15) is 0 Å². The van der Waals surface area contributed by atoms with Gasteiger partial charge in [0.05, 0.1) is 11.6 Å². The molecule has 2 aliphatic rings. The Hall–Kier alpha value is -3.08. The van der Waals surface area contributed by atoms with Crippen LogP contribution in [0.15, 0.2) is 46.9 Å². The van der Waals surface area contributed by atoms with Gasteiger partial charge in [0.25, 0.3) is 0 Å². The number of furan rings is 1. The van der Waals surface area contributed by atoms with Crippen LogP contribution in [0.5, 0.6) is 5.75 Å². The Kier molecular flexibility index (Phi) is 3.63. The Morgan fingerprint density at radius 2 is 2.00 bits per heavy atom. The fourth-order valence-electron chi connectivity index (χ4n) is 4.30. The molecule has 1 unspecified atom stereocenters. The van der Waals surface area contributed by atoms with Gasteiger partial charge in [-0.05, 0) is 50.1 Å². The molecule has 5 heteroatoms. The van der Waals surface area contributed by atoms with Crippen LogP contribution in [-0.2, 0) is 10.2 Å². The smallest absolute Gasteiger partial charge is 0.220 e. The van der Waals surface area contributed by atoms with Crippen molar-refractivity contribution in [2.75, 3.05) is 6.61 Å². The molecule has 3 aromatic rings. The second kappa shape index (κ2) is 5.96. The molecule has 5 nitrogen and oxygen atoms in total. The number of ether oxygens (including phenoxy) is 1. The van der Waals surface area contributed by atoms with E-state index in [9.17, 15) is 9.59 Å². The van der Waals surface area contributed by atoms with E-state index >= 15 is 0 Å². The van der Waals surface area contributed by atoms with E-state index in [0.717, 1.165) is 23.0 Å². The summed E-state index contributed by atoms with van der Waals surface area (Å²) in [6, 6.07) is 13.3. The van der Waals surface area contributed by atoms with E-state index in [1.807, 2.05) is 42.5 Å². The first-order valence-electron chi connectivity index (χ1n) is 9.58. The number of carbonyl (C=O) groups is 2. The summed E-state index contributed by atoms with van der Waals surface area (Å²) in [7, 11) is 0. The topological polar surface area (TPSA) is 68.5 Å². The largest absolute Gasteiger partial charge is 0.491 e. The first-order valence-corrected chi connectivity index (χ1v) is 9.58. The van der Waals surface area contributed by atoms with Gasteiger partial charge < -0.3 is 14.5 Å². The van der Waals surface area contributed by atoms with Crippen molar-refractivity contribution in [2.24, 2.45) is 0 Å². The van der Waals surface area contributed by atoms with Gasteiger partial charge in [0.1, 0.15) is 23.7 Å². The minimum absolute atomic E-state index is 0.0103. The molecule has 28 heavy (non-hydrogen) atoms. The maximum atomic E-state index is 13.2. The lowest BCUT2D eigenvalue weighted by Crippen LogP contribution is -2.31. The first kappa shape index (κ1) is 17.0. The molecule has 2 heterocycles. The molecule has 1 aromatic heterocycles. The molecule has 0 spiro atoms. The molecule has 5 rings (SSSR count). The SMILES string of the molecule is CC1(C)c2cc(OCC3CCC(=O)N3)ccc2C(=O)c2c1oc1ccccc21. The van der Waals surface area contributed by atoms with Gasteiger partial charge in [0, 0.05) is 22.8 Å². The van der Waals surface area contributed by atoms with Crippen LogP contribution < -0.4 is 10.1 Å². The summed E-state index contributed by atoms with van der Waals surface area (Å²) in [5, 5.41) is 3.76. The van der Waals surface area contributed by atoms with Crippen molar-refractivity contribution >= 4 is 22.7 Å². The first-order chi connectivity index (χ1) is 13.4. The van der Waals surface area contributed by atoms with E-state index in [2.05, 4.69) is 19.2 Å². The van der Waals surface area contributed by atoms with Crippen LogP contribution in [-0.4, -0.2) is 24.3 Å². The third-order valence-corrected chi connectivity index (χ3v) is 5.84. The van der Waals surface area contributed by atoms with E-state index in [-0.39, 0.29) is 17.7 Å². The van der Waals surface area contributed by atoms with Gasteiger partial charge in [0.2, 0.25) is 5.91 Å². The van der Waals surface area contributed by atoms with Crippen LogP contribution in [0, 0.1) is 0 Å². The normalized spacial score (nSPS) is 20.0. The number of ketones is 1. The number of amides is 1. The van der Waals surface area contributed by atoms with Gasteiger partial charge in [-0.25, -0.2) is 0 Å². The second-order valence-electron chi connectivity index (χ2n) is 8.08. The maximum absolute atomic E-state index is 13.2. The van der Waals surface area contributed by atoms with Gasteiger partial charge >= 0.3 is 0 Å². The molecule has 1 aliphatic heterocycles. The monoisotopic (exact) mass is 375 g/mol. The van der Waals surface area contributed by atoms with Crippen LogP contribution in [0.3, 0.4) is 0 Å². The summed E-state index contributed by atoms with van der Waals surface area (Å²) >= 11 is 0. The highest BCUT2D eigenvalue weighted by atomic mass is 16.5.